The molecule has 0 aliphatic carbocycles. The number of anilines is 1. The van der Waals surface area contributed by atoms with E-state index in [1.54, 1.807) is 6.07 Å². The molecule has 1 aromatic heterocycles. The van der Waals surface area contributed by atoms with E-state index in [2.05, 4.69) is 9.97 Å². The molecule has 0 atom stereocenters. The SMILES string of the molecule is CCc1nc(N)cc(-c2ccc3c(c2)OCCO3)n1. The zero-order chi connectivity index (χ0) is 13.2. The number of aryl methyl sites for hydroxylation is 1. The van der Waals surface area contributed by atoms with Crippen molar-refractivity contribution in [2.75, 3.05) is 18.9 Å². The lowest BCUT2D eigenvalue weighted by Crippen LogP contribution is -2.15. The van der Waals surface area contributed by atoms with Crippen LogP contribution in [0.1, 0.15) is 12.7 Å². The van der Waals surface area contributed by atoms with Crippen LogP contribution >= 0.6 is 0 Å². The maximum atomic E-state index is 5.80. The first-order chi connectivity index (χ1) is 9.26. The number of nitrogens with two attached hydrogens (primary N) is 1. The third-order valence-corrected chi connectivity index (χ3v) is 2.95. The minimum Gasteiger partial charge on any atom is -0.486 e. The summed E-state index contributed by atoms with van der Waals surface area (Å²) in [6, 6.07) is 7.54. The summed E-state index contributed by atoms with van der Waals surface area (Å²) in [5.41, 5.74) is 7.56. The number of nitrogen functional groups attached to an aromatic ring is 1. The molecule has 2 aromatic rings. The zero-order valence-corrected chi connectivity index (χ0v) is 10.7. The Bertz CT molecular complexity index is 614. The van der Waals surface area contributed by atoms with Crippen molar-refractivity contribution in [3.63, 3.8) is 0 Å². The van der Waals surface area contributed by atoms with Gasteiger partial charge in [0, 0.05) is 18.1 Å². The van der Waals surface area contributed by atoms with Gasteiger partial charge in [0.1, 0.15) is 24.9 Å². The molecule has 19 heavy (non-hydrogen) atoms. The Labute approximate surface area is 111 Å². The summed E-state index contributed by atoms with van der Waals surface area (Å²) >= 11 is 0. The number of hydrogen-bond donors (Lipinski definition) is 1. The topological polar surface area (TPSA) is 70.3 Å². The summed E-state index contributed by atoms with van der Waals surface area (Å²) in [5, 5.41) is 0. The maximum Gasteiger partial charge on any atom is 0.162 e. The highest BCUT2D eigenvalue weighted by Crippen LogP contribution is 2.34. The largest absolute Gasteiger partial charge is 0.486 e. The van der Waals surface area contributed by atoms with Crippen molar-refractivity contribution < 1.29 is 9.47 Å². The minimum absolute atomic E-state index is 0.483. The number of nitrogens with zero attached hydrogens (tertiary/aromatic N) is 2. The van der Waals surface area contributed by atoms with Crippen LogP contribution in [0.2, 0.25) is 0 Å². The Morgan fingerprint density at radius 2 is 1.89 bits per heavy atom. The lowest BCUT2D eigenvalue weighted by molar-refractivity contribution is 0.171. The van der Waals surface area contributed by atoms with E-state index in [9.17, 15) is 0 Å². The van der Waals surface area contributed by atoms with Gasteiger partial charge in [-0.2, -0.15) is 0 Å². The molecule has 0 unspecified atom stereocenters. The minimum atomic E-state index is 0.483. The van der Waals surface area contributed by atoms with Gasteiger partial charge in [-0.1, -0.05) is 6.92 Å². The molecule has 3 rings (SSSR count). The third kappa shape index (κ3) is 2.31. The molecule has 0 radical (unpaired) electrons. The Balaban J connectivity index is 2.04. The van der Waals surface area contributed by atoms with E-state index in [1.165, 1.54) is 0 Å². The molecular formula is C14H15N3O2. The second-order valence-corrected chi connectivity index (χ2v) is 4.31. The van der Waals surface area contributed by atoms with E-state index in [0.717, 1.165) is 35.0 Å². The van der Waals surface area contributed by atoms with Crippen LogP contribution in [0.5, 0.6) is 11.5 Å². The first-order valence-corrected chi connectivity index (χ1v) is 6.29. The molecule has 5 heteroatoms. The van der Waals surface area contributed by atoms with E-state index in [4.69, 9.17) is 15.2 Å². The van der Waals surface area contributed by atoms with Crippen molar-refractivity contribution >= 4 is 5.82 Å². The van der Waals surface area contributed by atoms with Crippen molar-refractivity contribution in [3.05, 3.63) is 30.1 Å². The average molecular weight is 257 g/mol. The van der Waals surface area contributed by atoms with Crippen LogP contribution in [-0.2, 0) is 6.42 Å². The Morgan fingerprint density at radius 1 is 1.11 bits per heavy atom. The molecule has 98 valence electrons. The van der Waals surface area contributed by atoms with Crippen molar-refractivity contribution in [3.8, 4) is 22.8 Å². The van der Waals surface area contributed by atoms with Crippen molar-refractivity contribution in [1.29, 1.82) is 0 Å². The number of ether oxygens (including phenoxy) is 2. The van der Waals surface area contributed by atoms with Crippen molar-refractivity contribution in [2.24, 2.45) is 0 Å². The van der Waals surface area contributed by atoms with Gasteiger partial charge in [0.25, 0.3) is 0 Å². The lowest BCUT2D eigenvalue weighted by Gasteiger charge is -2.18. The smallest absolute Gasteiger partial charge is 0.162 e. The quantitative estimate of drug-likeness (QED) is 0.891. The molecule has 0 fully saturated rings. The fourth-order valence-electron chi connectivity index (χ4n) is 2.03. The zero-order valence-electron chi connectivity index (χ0n) is 10.7. The molecule has 1 aromatic carbocycles. The van der Waals surface area contributed by atoms with Gasteiger partial charge < -0.3 is 15.2 Å². The van der Waals surface area contributed by atoms with Gasteiger partial charge in [-0.3, -0.25) is 0 Å². The second kappa shape index (κ2) is 4.76. The van der Waals surface area contributed by atoms with Gasteiger partial charge in [0.15, 0.2) is 11.5 Å². The Morgan fingerprint density at radius 3 is 2.68 bits per heavy atom. The normalized spacial score (nSPS) is 13.3. The van der Waals surface area contributed by atoms with Gasteiger partial charge in [-0.15, -0.1) is 0 Å². The van der Waals surface area contributed by atoms with Crippen LogP contribution in [0.3, 0.4) is 0 Å². The van der Waals surface area contributed by atoms with Gasteiger partial charge in [-0.25, -0.2) is 9.97 Å². The highest BCUT2D eigenvalue weighted by molar-refractivity contribution is 5.66. The fourth-order valence-corrected chi connectivity index (χ4v) is 2.03. The van der Waals surface area contributed by atoms with E-state index in [0.29, 0.717) is 19.0 Å². The summed E-state index contributed by atoms with van der Waals surface area (Å²) in [7, 11) is 0. The lowest BCUT2D eigenvalue weighted by atomic mass is 10.1. The van der Waals surface area contributed by atoms with Crippen LogP contribution in [0.15, 0.2) is 24.3 Å². The molecule has 0 bridgehead atoms. The molecule has 1 aliphatic rings. The van der Waals surface area contributed by atoms with Crippen molar-refractivity contribution in [1.82, 2.24) is 9.97 Å². The van der Waals surface area contributed by atoms with E-state index < -0.39 is 0 Å². The average Bonchev–Trinajstić information content (AvgIpc) is 2.46. The van der Waals surface area contributed by atoms with Crippen LogP contribution < -0.4 is 15.2 Å². The molecule has 0 saturated carbocycles. The monoisotopic (exact) mass is 257 g/mol. The van der Waals surface area contributed by atoms with Gasteiger partial charge >= 0.3 is 0 Å². The number of rotatable bonds is 2. The third-order valence-electron chi connectivity index (χ3n) is 2.95. The molecule has 0 amide bonds. The predicted octanol–water partition coefficient (Wildman–Crippen LogP) is 2.06. The first-order valence-electron chi connectivity index (χ1n) is 6.29. The molecular weight excluding hydrogens is 242 g/mol. The number of aromatic nitrogens is 2. The molecule has 1 aliphatic heterocycles. The summed E-state index contributed by atoms with van der Waals surface area (Å²) in [4.78, 5) is 8.66. The summed E-state index contributed by atoms with van der Waals surface area (Å²) < 4.78 is 11.1. The van der Waals surface area contributed by atoms with Crippen molar-refractivity contribution in [2.45, 2.75) is 13.3 Å². The van der Waals surface area contributed by atoms with Crippen LogP contribution in [-0.4, -0.2) is 23.2 Å². The highest BCUT2D eigenvalue weighted by atomic mass is 16.6. The summed E-state index contributed by atoms with van der Waals surface area (Å²) in [6.07, 6.45) is 0.753. The van der Waals surface area contributed by atoms with Gasteiger partial charge in [-0.05, 0) is 18.2 Å². The second-order valence-electron chi connectivity index (χ2n) is 4.31. The van der Waals surface area contributed by atoms with Crippen LogP contribution in [0.4, 0.5) is 5.82 Å². The Hall–Kier alpha value is -2.30. The number of fused-ring (bicyclic) bond motifs is 1. The first kappa shape index (κ1) is 11.8. The Kier molecular flexibility index (Phi) is 2.95. The highest BCUT2D eigenvalue weighted by Gasteiger charge is 2.13. The summed E-state index contributed by atoms with van der Waals surface area (Å²) in [5.74, 6) is 2.74. The molecule has 5 nitrogen and oxygen atoms in total. The van der Waals surface area contributed by atoms with Gasteiger partial charge in [0.2, 0.25) is 0 Å². The molecule has 0 saturated heterocycles. The number of benzene rings is 1. The van der Waals surface area contributed by atoms with Crippen LogP contribution in [0.25, 0.3) is 11.3 Å². The predicted molar refractivity (Wildman–Crippen MR) is 72.2 cm³/mol. The van der Waals surface area contributed by atoms with E-state index >= 15 is 0 Å². The van der Waals surface area contributed by atoms with Gasteiger partial charge in [0.05, 0.1) is 5.69 Å². The maximum absolute atomic E-state index is 5.80. The van der Waals surface area contributed by atoms with E-state index in [1.807, 2.05) is 25.1 Å². The number of hydrogen-bond acceptors (Lipinski definition) is 5. The molecule has 2 N–H and O–H groups in total. The fraction of sp³-hybridized carbons (Fsp3) is 0.286. The molecule has 0 spiro atoms. The standard InChI is InChI=1S/C14H15N3O2/c1-2-14-16-10(8-13(15)17-14)9-3-4-11-12(7-9)19-6-5-18-11/h3-4,7-8H,2,5-6H2,1H3,(H2,15,16,17). The summed E-state index contributed by atoms with van der Waals surface area (Å²) in [6.45, 7) is 3.16. The van der Waals surface area contributed by atoms with E-state index in [-0.39, 0.29) is 0 Å². The van der Waals surface area contributed by atoms with Crippen LogP contribution in [0, 0.1) is 0 Å². The molecule has 2 heterocycles.